The molecule has 4 rings (SSSR count). The minimum Gasteiger partial charge on any atom is -0.508 e. The zero-order valence-electron chi connectivity index (χ0n) is 15.1. The van der Waals surface area contributed by atoms with Gasteiger partial charge in [0.2, 0.25) is 0 Å². The van der Waals surface area contributed by atoms with E-state index in [2.05, 4.69) is 30.5 Å². The van der Waals surface area contributed by atoms with Crippen molar-refractivity contribution in [2.45, 2.75) is 38.8 Å². The Morgan fingerprint density at radius 2 is 2.17 bits per heavy atom. The van der Waals surface area contributed by atoms with Crippen LogP contribution >= 0.6 is 0 Å². The number of fused-ring (bicyclic) bond motifs is 1. The molecule has 24 heavy (non-hydrogen) atoms. The van der Waals surface area contributed by atoms with Crippen LogP contribution in [0.1, 0.15) is 43.4 Å². The highest BCUT2D eigenvalue weighted by Gasteiger charge is 2.61. The van der Waals surface area contributed by atoms with Crippen LogP contribution in [0.15, 0.2) is 30.4 Å². The summed E-state index contributed by atoms with van der Waals surface area (Å²) in [5.74, 6) is 2.28. The van der Waals surface area contributed by atoms with Crippen molar-refractivity contribution < 1.29 is 9.84 Å². The summed E-state index contributed by atoms with van der Waals surface area (Å²) in [6.45, 7) is 8.35. The van der Waals surface area contributed by atoms with Gasteiger partial charge in [0.25, 0.3) is 0 Å². The van der Waals surface area contributed by atoms with Gasteiger partial charge < -0.3 is 14.7 Å². The Morgan fingerprint density at radius 1 is 1.38 bits per heavy atom. The Balaban J connectivity index is 1.67. The van der Waals surface area contributed by atoms with Gasteiger partial charge in [-0.1, -0.05) is 25.1 Å². The van der Waals surface area contributed by atoms with Crippen molar-refractivity contribution >= 4 is 0 Å². The molecule has 1 aliphatic heterocycles. The van der Waals surface area contributed by atoms with E-state index in [1.165, 1.54) is 30.4 Å². The van der Waals surface area contributed by atoms with E-state index in [1.807, 2.05) is 20.2 Å². The second kappa shape index (κ2) is 5.60. The largest absolute Gasteiger partial charge is 0.508 e. The van der Waals surface area contributed by atoms with Crippen molar-refractivity contribution in [1.82, 2.24) is 4.90 Å². The number of ether oxygens (including phenoxy) is 1. The van der Waals surface area contributed by atoms with Gasteiger partial charge in [-0.15, -0.1) is 0 Å². The first-order valence-corrected chi connectivity index (χ1v) is 9.19. The lowest BCUT2D eigenvalue weighted by Gasteiger charge is -2.48. The number of phenols is 1. The molecule has 2 saturated carbocycles. The number of hydrogen-bond acceptors (Lipinski definition) is 3. The van der Waals surface area contributed by atoms with Crippen LogP contribution in [0.3, 0.4) is 0 Å². The maximum Gasteiger partial charge on any atom is 0.120 e. The number of benzene rings is 1. The second-order valence-electron chi connectivity index (χ2n) is 8.44. The van der Waals surface area contributed by atoms with Gasteiger partial charge in [-0.25, -0.2) is 0 Å². The van der Waals surface area contributed by atoms with Crippen molar-refractivity contribution in [3.8, 4) is 5.75 Å². The number of allylic oxidation sites excluding steroid dienone is 1. The van der Waals surface area contributed by atoms with Crippen molar-refractivity contribution in [2.75, 3.05) is 20.7 Å². The highest BCUT2D eigenvalue weighted by molar-refractivity contribution is 5.38. The Hall–Kier alpha value is -1.32. The molecule has 0 radical (unpaired) electrons. The lowest BCUT2D eigenvalue weighted by atomic mass is 9.62. The number of nitrogens with zero attached hydrogens (tertiary/aromatic N) is 1. The lowest BCUT2D eigenvalue weighted by molar-refractivity contribution is -0.106. The molecule has 3 nitrogen and oxygen atoms in total. The fraction of sp³-hybridized carbons (Fsp3) is 0.619. The molecule has 1 spiro atoms. The third-order valence-electron chi connectivity index (χ3n) is 7.00. The van der Waals surface area contributed by atoms with Crippen LogP contribution in [0.4, 0.5) is 0 Å². The molecule has 3 aliphatic rings. The molecule has 2 aliphatic carbocycles. The smallest absolute Gasteiger partial charge is 0.120 e. The summed E-state index contributed by atoms with van der Waals surface area (Å²) in [6, 6.07) is 6.06. The fourth-order valence-electron chi connectivity index (χ4n) is 5.74. The molecule has 1 aromatic rings. The molecule has 3 fully saturated rings. The van der Waals surface area contributed by atoms with Crippen molar-refractivity contribution in [2.24, 2.45) is 23.2 Å². The van der Waals surface area contributed by atoms with E-state index < -0.39 is 0 Å². The Morgan fingerprint density at radius 3 is 2.88 bits per heavy atom. The minimum atomic E-state index is 0.167. The van der Waals surface area contributed by atoms with Gasteiger partial charge in [-0.2, -0.15) is 0 Å². The number of aromatic hydroxyl groups is 1. The van der Waals surface area contributed by atoms with Crippen LogP contribution in [0.25, 0.3) is 0 Å². The minimum absolute atomic E-state index is 0.167. The van der Waals surface area contributed by atoms with Crippen LogP contribution in [-0.4, -0.2) is 30.7 Å². The summed E-state index contributed by atoms with van der Waals surface area (Å²) in [5, 5.41) is 10.2. The van der Waals surface area contributed by atoms with Crippen molar-refractivity contribution in [1.29, 1.82) is 0 Å². The van der Waals surface area contributed by atoms with Gasteiger partial charge in [0.1, 0.15) is 5.75 Å². The van der Waals surface area contributed by atoms with Crippen LogP contribution in [-0.2, 0) is 11.3 Å². The van der Waals surface area contributed by atoms with Crippen LogP contribution < -0.4 is 0 Å². The van der Waals surface area contributed by atoms with Crippen LogP contribution in [0.5, 0.6) is 5.75 Å². The first kappa shape index (κ1) is 16.2. The standard InChI is InChI=1S/C21H29NO2/c1-13-14(2)21-7-8-24-20(18(21)10-16(13)11-21)15-5-6-19(23)17(9-15)12-22(3)4/h5-6,9,14,16,18,20,23H,1,7-8,10-12H2,2-4H3/t14-,16-,18-,20-,21?/m1/s1. The number of hydrogen-bond donors (Lipinski definition) is 1. The van der Waals surface area contributed by atoms with Gasteiger partial charge in [0.15, 0.2) is 0 Å². The second-order valence-corrected chi connectivity index (χ2v) is 8.44. The highest BCUT2D eigenvalue weighted by Crippen LogP contribution is 2.68. The van der Waals surface area contributed by atoms with Crippen LogP contribution in [0, 0.1) is 23.2 Å². The topological polar surface area (TPSA) is 32.7 Å². The van der Waals surface area contributed by atoms with E-state index in [4.69, 9.17) is 4.74 Å². The Labute approximate surface area is 145 Å². The molecular weight excluding hydrogens is 298 g/mol. The summed E-state index contributed by atoms with van der Waals surface area (Å²) in [6.07, 6.45) is 3.87. The molecule has 1 N–H and O–H groups in total. The van der Waals surface area contributed by atoms with E-state index in [-0.39, 0.29) is 6.10 Å². The molecule has 5 atom stereocenters. The average molecular weight is 327 g/mol. The fourth-order valence-corrected chi connectivity index (χ4v) is 5.74. The van der Waals surface area contributed by atoms with Gasteiger partial charge in [0, 0.05) is 18.7 Å². The van der Waals surface area contributed by atoms with E-state index in [1.54, 1.807) is 0 Å². The SMILES string of the molecule is C=C1[C@@H]2C[C@@H]3[C@@H](c4ccc(O)c(CN(C)C)c4)OCCC3(C2)[C@@H]1C. The molecule has 130 valence electrons. The third-order valence-corrected chi connectivity index (χ3v) is 7.00. The summed E-state index contributed by atoms with van der Waals surface area (Å²) in [4.78, 5) is 2.09. The van der Waals surface area contributed by atoms with Gasteiger partial charge >= 0.3 is 0 Å². The summed E-state index contributed by atoms with van der Waals surface area (Å²) >= 11 is 0. The maximum atomic E-state index is 10.2. The van der Waals surface area contributed by atoms with Crippen molar-refractivity contribution in [3.05, 3.63) is 41.5 Å². The van der Waals surface area contributed by atoms with E-state index in [9.17, 15) is 5.11 Å². The van der Waals surface area contributed by atoms with Crippen molar-refractivity contribution in [3.63, 3.8) is 0 Å². The molecule has 1 heterocycles. The van der Waals surface area contributed by atoms with Gasteiger partial charge in [-0.3, -0.25) is 0 Å². The molecular formula is C21H29NO2. The van der Waals surface area contributed by atoms with E-state index in [0.29, 0.717) is 28.9 Å². The molecule has 1 aromatic carbocycles. The van der Waals surface area contributed by atoms with Gasteiger partial charge in [0.05, 0.1) is 6.10 Å². The van der Waals surface area contributed by atoms with E-state index in [0.717, 1.165) is 18.7 Å². The summed E-state index contributed by atoms with van der Waals surface area (Å²) in [7, 11) is 4.06. The summed E-state index contributed by atoms with van der Waals surface area (Å²) < 4.78 is 6.28. The lowest BCUT2D eigenvalue weighted by Crippen LogP contribution is -2.42. The van der Waals surface area contributed by atoms with Crippen LogP contribution in [0.2, 0.25) is 0 Å². The molecule has 1 saturated heterocycles. The molecule has 0 aromatic heterocycles. The molecule has 2 bridgehead atoms. The predicted octanol–water partition coefficient (Wildman–Crippen LogP) is 4.13. The first-order chi connectivity index (χ1) is 11.4. The number of phenolic OH excluding ortho intramolecular Hbond substituents is 1. The summed E-state index contributed by atoms with van der Waals surface area (Å²) in [5.41, 5.74) is 4.09. The monoisotopic (exact) mass is 327 g/mol. The maximum absolute atomic E-state index is 10.2. The average Bonchev–Trinajstić information content (AvgIpc) is 3.04. The Kier molecular flexibility index (Phi) is 3.77. The normalized spacial score (nSPS) is 37.9. The molecule has 3 heteroatoms. The highest BCUT2D eigenvalue weighted by atomic mass is 16.5. The molecule has 1 unspecified atom stereocenters. The number of rotatable bonds is 3. The third kappa shape index (κ3) is 2.25. The Bertz CT molecular complexity index is 668. The van der Waals surface area contributed by atoms with E-state index >= 15 is 0 Å². The zero-order chi connectivity index (χ0) is 17.1. The first-order valence-electron chi connectivity index (χ1n) is 9.19. The zero-order valence-corrected chi connectivity index (χ0v) is 15.1. The quantitative estimate of drug-likeness (QED) is 0.847. The van der Waals surface area contributed by atoms with Gasteiger partial charge in [-0.05, 0) is 74.2 Å². The predicted molar refractivity (Wildman–Crippen MR) is 95.8 cm³/mol. The molecule has 0 amide bonds.